The highest BCUT2D eigenvalue weighted by Crippen LogP contribution is 2.09. The molecule has 2 heterocycles. The van der Waals surface area contributed by atoms with Crippen LogP contribution in [0.15, 0.2) is 53.5 Å². The van der Waals surface area contributed by atoms with Crippen LogP contribution in [-0.4, -0.2) is 16.4 Å². The second kappa shape index (κ2) is 6.52. The molecule has 0 aliphatic rings. The molecular weight excluding hydrogens is 310 g/mol. The molecule has 5 heteroatoms. The number of fused-ring (bicyclic) bond motifs is 1. The summed E-state index contributed by atoms with van der Waals surface area (Å²) in [4.78, 5) is 18.1. The minimum absolute atomic E-state index is 0.0377. The van der Waals surface area contributed by atoms with Crippen molar-refractivity contribution in [3.05, 3.63) is 80.9 Å². The van der Waals surface area contributed by atoms with Gasteiger partial charge in [0.1, 0.15) is 24.4 Å². The molecule has 1 unspecified atom stereocenters. The van der Waals surface area contributed by atoms with Crippen molar-refractivity contribution in [2.24, 2.45) is 0 Å². The van der Waals surface area contributed by atoms with E-state index in [9.17, 15) is 4.79 Å². The van der Waals surface area contributed by atoms with Gasteiger partial charge in [0.25, 0.3) is 5.56 Å². The summed E-state index contributed by atoms with van der Waals surface area (Å²) < 4.78 is 1.59. The Labute approximate surface area is 140 Å². The van der Waals surface area contributed by atoms with Crippen LogP contribution in [0.25, 0.3) is 5.65 Å². The van der Waals surface area contributed by atoms with Crippen LogP contribution in [-0.2, 0) is 13.1 Å². The molecule has 0 spiro atoms. The smallest absolute Gasteiger partial charge is 0.258 e. The molecule has 0 amide bonds. The highest BCUT2D eigenvalue weighted by Gasteiger charge is 2.09. The number of aryl methyl sites for hydroxylation is 1. The molecule has 0 fully saturated rings. The summed E-state index contributed by atoms with van der Waals surface area (Å²) in [5.74, 6) is 0. The van der Waals surface area contributed by atoms with Gasteiger partial charge in [-0.25, -0.2) is 4.98 Å². The zero-order valence-corrected chi connectivity index (χ0v) is 14.0. The number of quaternary nitrogens is 1. The van der Waals surface area contributed by atoms with Crippen molar-refractivity contribution in [3.63, 3.8) is 0 Å². The Hall–Kier alpha value is -2.17. The lowest BCUT2D eigenvalue weighted by Gasteiger charge is -2.14. The predicted molar refractivity (Wildman–Crippen MR) is 91.9 cm³/mol. The van der Waals surface area contributed by atoms with Crippen LogP contribution in [0.5, 0.6) is 0 Å². The average Bonchev–Trinajstić information content (AvgIpc) is 2.48. The van der Waals surface area contributed by atoms with E-state index in [-0.39, 0.29) is 5.56 Å². The second-order valence-corrected chi connectivity index (χ2v) is 6.40. The molecule has 0 bridgehead atoms. The van der Waals surface area contributed by atoms with Gasteiger partial charge in [-0.3, -0.25) is 9.20 Å². The largest absolute Gasteiger partial charge is 0.329 e. The number of benzene rings is 1. The van der Waals surface area contributed by atoms with Crippen LogP contribution in [0.2, 0.25) is 5.02 Å². The molecule has 1 aromatic carbocycles. The van der Waals surface area contributed by atoms with Gasteiger partial charge in [-0.05, 0) is 30.7 Å². The van der Waals surface area contributed by atoms with E-state index in [0.717, 1.165) is 22.8 Å². The Balaban J connectivity index is 1.81. The lowest BCUT2D eigenvalue weighted by atomic mass is 10.2. The van der Waals surface area contributed by atoms with E-state index in [1.54, 1.807) is 10.5 Å². The Bertz CT molecular complexity index is 904. The monoisotopic (exact) mass is 328 g/mol. The second-order valence-electron chi connectivity index (χ2n) is 5.96. The standard InChI is InChI=1S/C18H18ClN3O/c1-13-6-7-17-20-16(9-18(23)22(17)10-13)12-21(2)11-14-4-3-5-15(19)8-14/h3-10H,11-12H2,1-2H3/p+1. The van der Waals surface area contributed by atoms with Gasteiger partial charge in [-0.2, -0.15) is 0 Å². The van der Waals surface area contributed by atoms with E-state index in [2.05, 4.69) is 18.1 Å². The molecule has 0 aliphatic heterocycles. The Morgan fingerprint density at radius 3 is 2.78 bits per heavy atom. The molecule has 23 heavy (non-hydrogen) atoms. The molecule has 118 valence electrons. The Morgan fingerprint density at radius 1 is 1.17 bits per heavy atom. The number of hydrogen-bond acceptors (Lipinski definition) is 2. The van der Waals surface area contributed by atoms with Crippen molar-refractivity contribution in [3.8, 4) is 0 Å². The van der Waals surface area contributed by atoms with Crippen molar-refractivity contribution < 1.29 is 4.90 Å². The van der Waals surface area contributed by atoms with Crippen LogP contribution in [0.4, 0.5) is 0 Å². The summed E-state index contributed by atoms with van der Waals surface area (Å²) in [5, 5.41) is 0.743. The summed E-state index contributed by atoms with van der Waals surface area (Å²) in [7, 11) is 2.08. The van der Waals surface area contributed by atoms with E-state index in [4.69, 9.17) is 11.6 Å². The highest BCUT2D eigenvalue weighted by atomic mass is 35.5. The number of hydrogen-bond donors (Lipinski definition) is 1. The topological polar surface area (TPSA) is 38.8 Å². The minimum atomic E-state index is -0.0377. The Morgan fingerprint density at radius 2 is 2.00 bits per heavy atom. The van der Waals surface area contributed by atoms with Gasteiger partial charge in [-0.1, -0.05) is 29.8 Å². The summed E-state index contributed by atoms with van der Waals surface area (Å²) in [6, 6.07) is 13.3. The van der Waals surface area contributed by atoms with Crippen molar-refractivity contribution in [1.82, 2.24) is 9.38 Å². The molecule has 0 aliphatic carbocycles. The van der Waals surface area contributed by atoms with E-state index in [1.165, 1.54) is 10.5 Å². The zero-order valence-electron chi connectivity index (χ0n) is 13.2. The fourth-order valence-electron chi connectivity index (χ4n) is 2.72. The van der Waals surface area contributed by atoms with E-state index in [0.29, 0.717) is 12.2 Å². The normalized spacial score (nSPS) is 12.5. The van der Waals surface area contributed by atoms with Gasteiger partial charge in [0, 0.05) is 22.8 Å². The summed E-state index contributed by atoms with van der Waals surface area (Å²) >= 11 is 6.02. The maximum absolute atomic E-state index is 12.2. The van der Waals surface area contributed by atoms with Crippen LogP contribution in [0.1, 0.15) is 16.8 Å². The molecule has 1 atom stereocenters. The average molecular weight is 329 g/mol. The first kappa shape index (κ1) is 15.7. The SMILES string of the molecule is Cc1ccc2nc(C[NH+](C)Cc3cccc(Cl)c3)cc(=O)n2c1. The maximum Gasteiger partial charge on any atom is 0.258 e. The van der Waals surface area contributed by atoms with Crippen LogP contribution < -0.4 is 10.5 Å². The number of aromatic nitrogens is 2. The van der Waals surface area contributed by atoms with Crippen LogP contribution in [0, 0.1) is 6.92 Å². The molecular formula is C18H19ClN3O+. The van der Waals surface area contributed by atoms with Crippen LogP contribution in [0.3, 0.4) is 0 Å². The number of nitrogens with zero attached hydrogens (tertiary/aromatic N) is 2. The van der Waals surface area contributed by atoms with Crippen molar-refractivity contribution >= 4 is 17.2 Å². The van der Waals surface area contributed by atoms with Gasteiger partial charge in [0.15, 0.2) is 0 Å². The summed E-state index contributed by atoms with van der Waals surface area (Å²) in [5.41, 5.74) is 3.66. The van der Waals surface area contributed by atoms with Crippen molar-refractivity contribution in [2.45, 2.75) is 20.0 Å². The van der Waals surface area contributed by atoms with Crippen LogP contribution >= 0.6 is 11.6 Å². The molecule has 2 aromatic heterocycles. The molecule has 3 rings (SSSR count). The number of nitrogens with one attached hydrogen (secondary N) is 1. The number of rotatable bonds is 4. The minimum Gasteiger partial charge on any atom is -0.329 e. The molecule has 3 aromatic rings. The zero-order chi connectivity index (χ0) is 16.4. The molecule has 4 nitrogen and oxygen atoms in total. The van der Waals surface area contributed by atoms with Gasteiger partial charge >= 0.3 is 0 Å². The van der Waals surface area contributed by atoms with E-state index >= 15 is 0 Å². The van der Waals surface area contributed by atoms with E-state index in [1.807, 2.05) is 43.5 Å². The lowest BCUT2D eigenvalue weighted by molar-refractivity contribution is -0.908. The quantitative estimate of drug-likeness (QED) is 0.794. The number of halogens is 1. The Kier molecular flexibility index (Phi) is 4.46. The third-order valence-corrected chi connectivity index (χ3v) is 3.97. The van der Waals surface area contributed by atoms with Gasteiger partial charge < -0.3 is 4.90 Å². The van der Waals surface area contributed by atoms with Gasteiger partial charge in [-0.15, -0.1) is 0 Å². The van der Waals surface area contributed by atoms with Gasteiger partial charge in [0.05, 0.1) is 7.05 Å². The molecule has 1 N–H and O–H groups in total. The molecule has 0 saturated carbocycles. The molecule has 0 saturated heterocycles. The number of pyridine rings is 1. The van der Waals surface area contributed by atoms with E-state index < -0.39 is 0 Å². The third kappa shape index (κ3) is 3.78. The lowest BCUT2D eigenvalue weighted by Crippen LogP contribution is -3.06. The first-order chi connectivity index (χ1) is 11.0. The first-order valence-electron chi connectivity index (χ1n) is 7.56. The highest BCUT2D eigenvalue weighted by molar-refractivity contribution is 6.30. The first-order valence-corrected chi connectivity index (χ1v) is 7.94. The van der Waals surface area contributed by atoms with Crippen molar-refractivity contribution in [1.29, 1.82) is 0 Å². The summed E-state index contributed by atoms with van der Waals surface area (Å²) in [6.07, 6.45) is 1.82. The summed E-state index contributed by atoms with van der Waals surface area (Å²) in [6.45, 7) is 3.48. The van der Waals surface area contributed by atoms with Gasteiger partial charge in [0.2, 0.25) is 0 Å². The fourth-order valence-corrected chi connectivity index (χ4v) is 2.93. The maximum atomic E-state index is 12.2. The fraction of sp³-hybridized carbons (Fsp3) is 0.222. The predicted octanol–water partition coefficient (Wildman–Crippen LogP) is 1.87. The third-order valence-electron chi connectivity index (χ3n) is 3.74. The molecule has 0 radical (unpaired) electrons. The van der Waals surface area contributed by atoms with Crippen molar-refractivity contribution in [2.75, 3.05) is 7.05 Å².